The first-order chi connectivity index (χ1) is 8.72. The molecule has 0 bridgehead atoms. The van der Waals surface area contributed by atoms with Gasteiger partial charge in [-0.3, -0.25) is 9.20 Å². The highest BCUT2D eigenvalue weighted by Gasteiger charge is 2.16. The number of hydrogen-bond donors (Lipinski definition) is 1. The van der Waals surface area contributed by atoms with Crippen LogP contribution in [0.25, 0.3) is 5.65 Å². The molecule has 3 rings (SSSR count). The lowest BCUT2D eigenvalue weighted by Gasteiger charge is -2.08. The Morgan fingerprint density at radius 2 is 2.39 bits per heavy atom. The van der Waals surface area contributed by atoms with Crippen molar-refractivity contribution >= 4 is 5.65 Å². The quantitative estimate of drug-likeness (QED) is 0.860. The van der Waals surface area contributed by atoms with Gasteiger partial charge in [-0.1, -0.05) is 0 Å². The van der Waals surface area contributed by atoms with Gasteiger partial charge in [0.05, 0.1) is 0 Å². The van der Waals surface area contributed by atoms with E-state index in [1.54, 1.807) is 6.07 Å². The second kappa shape index (κ2) is 4.49. The number of halogens is 1. The van der Waals surface area contributed by atoms with Crippen LogP contribution in [0, 0.1) is 11.7 Å². The molecule has 0 aromatic carbocycles. The predicted octanol–water partition coefficient (Wildman–Crippen LogP) is 0.986. The molecule has 1 fully saturated rings. The molecule has 18 heavy (non-hydrogen) atoms. The molecule has 1 atom stereocenters. The summed E-state index contributed by atoms with van der Waals surface area (Å²) in [5.41, 5.74) is 0.976. The van der Waals surface area contributed by atoms with Gasteiger partial charge in [-0.25, -0.2) is 9.37 Å². The summed E-state index contributed by atoms with van der Waals surface area (Å²) in [4.78, 5) is 16.2. The van der Waals surface area contributed by atoms with Gasteiger partial charge in [0.15, 0.2) is 0 Å². The third-order valence-electron chi connectivity index (χ3n) is 3.34. The SMILES string of the molecule is O=c1cc(CC2CCNC2)nc2cc(F)ccn12. The van der Waals surface area contributed by atoms with Crippen molar-refractivity contribution in [1.82, 2.24) is 14.7 Å². The third-order valence-corrected chi connectivity index (χ3v) is 3.34. The van der Waals surface area contributed by atoms with E-state index in [0.29, 0.717) is 11.6 Å². The van der Waals surface area contributed by atoms with Gasteiger partial charge in [0, 0.05) is 24.0 Å². The summed E-state index contributed by atoms with van der Waals surface area (Å²) in [5, 5.41) is 3.28. The van der Waals surface area contributed by atoms with Crippen LogP contribution < -0.4 is 10.9 Å². The van der Waals surface area contributed by atoms with Crippen LogP contribution in [0.2, 0.25) is 0 Å². The van der Waals surface area contributed by atoms with E-state index in [1.807, 2.05) is 0 Å². The van der Waals surface area contributed by atoms with Crippen LogP contribution in [0.15, 0.2) is 29.2 Å². The molecule has 94 valence electrons. The van der Waals surface area contributed by atoms with E-state index in [0.717, 1.165) is 31.6 Å². The summed E-state index contributed by atoms with van der Waals surface area (Å²) in [6.07, 6.45) is 3.29. The van der Waals surface area contributed by atoms with Crippen LogP contribution in [0.1, 0.15) is 12.1 Å². The zero-order chi connectivity index (χ0) is 12.5. The van der Waals surface area contributed by atoms with Gasteiger partial charge in [-0.05, 0) is 37.9 Å². The zero-order valence-electron chi connectivity index (χ0n) is 9.90. The summed E-state index contributed by atoms with van der Waals surface area (Å²) in [5.74, 6) is 0.148. The molecule has 2 aromatic heterocycles. The van der Waals surface area contributed by atoms with Crippen LogP contribution in [0.3, 0.4) is 0 Å². The number of rotatable bonds is 2. The lowest BCUT2D eigenvalue weighted by Crippen LogP contribution is -2.18. The Hall–Kier alpha value is -1.75. The minimum atomic E-state index is -0.374. The van der Waals surface area contributed by atoms with Crippen molar-refractivity contribution < 1.29 is 4.39 Å². The Kier molecular flexibility index (Phi) is 2.83. The van der Waals surface area contributed by atoms with Crippen LogP contribution in [-0.4, -0.2) is 22.5 Å². The van der Waals surface area contributed by atoms with E-state index in [9.17, 15) is 9.18 Å². The number of nitrogens with one attached hydrogen (secondary N) is 1. The highest BCUT2D eigenvalue weighted by Crippen LogP contribution is 2.13. The van der Waals surface area contributed by atoms with Gasteiger partial charge < -0.3 is 5.32 Å². The van der Waals surface area contributed by atoms with Crippen molar-refractivity contribution in [3.8, 4) is 0 Å². The van der Waals surface area contributed by atoms with Crippen molar-refractivity contribution in [2.45, 2.75) is 12.8 Å². The molecule has 2 aromatic rings. The summed E-state index contributed by atoms with van der Waals surface area (Å²) in [6.45, 7) is 1.98. The van der Waals surface area contributed by atoms with E-state index in [-0.39, 0.29) is 11.4 Å². The van der Waals surface area contributed by atoms with Gasteiger partial charge in [0.1, 0.15) is 11.5 Å². The van der Waals surface area contributed by atoms with Crippen LogP contribution in [-0.2, 0) is 6.42 Å². The number of fused-ring (bicyclic) bond motifs is 1. The smallest absolute Gasteiger partial charge is 0.258 e. The largest absolute Gasteiger partial charge is 0.316 e. The van der Waals surface area contributed by atoms with Crippen LogP contribution in [0.5, 0.6) is 0 Å². The Morgan fingerprint density at radius 1 is 1.50 bits per heavy atom. The number of aromatic nitrogens is 2. The first-order valence-electron chi connectivity index (χ1n) is 6.11. The summed E-state index contributed by atoms with van der Waals surface area (Å²) >= 11 is 0. The molecular weight excluding hydrogens is 233 g/mol. The van der Waals surface area contributed by atoms with E-state index in [1.165, 1.54) is 22.7 Å². The Morgan fingerprint density at radius 3 is 3.17 bits per heavy atom. The summed E-state index contributed by atoms with van der Waals surface area (Å²) < 4.78 is 14.5. The molecule has 1 unspecified atom stereocenters. The second-order valence-corrected chi connectivity index (χ2v) is 4.72. The monoisotopic (exact) mass is 247 g/mol. The Balaban J connectivity index is 2.00. The van der Waals surface area contributed by atoms with Crippen molar-refractivity contribution in [3.63, 3.8) is 0 Å². The molecule has 0 radical (unpaired) electrons. The lowest BCUT2D eigenvalue weighted by molar-refractivity contribution is 0.571. The van der Waals surface area contributed by atoms with Crippen LogP contribution in [0.4, 0.5) is 4.39 Å². The fraction of sp³-hybridized carbons (Fsp3) is 0.385. The minimum Gasteiger partial charge on any atom is -0.316 e. The topological polar surface area (TPSA) is 46.4 Å². The summed E-state index contributed by atoms with van der Waals surface area (Å²) in [6, 6.07) is 4.09. The number of nitrogens with zero attached hydrogens (tertiary/aromatic N) is 2. The second-order valence-electron chi connectivity index (χ2n) is 4.72. The fourth-order valence-electron chi connectivity index (χ4n) is 2.42. The maximum absolute atomic E-state index is 13.1. The van der Waals surface area contributed by atoms with E-state index in [4.69, 9.17) is 0 Å². The number of pyridine rings is 1. The molecule has 4 nitrogen and oxygen atoms in total. The minimum absolute atomic E-state index is 0.152. The van der Waals surface area contributed by atoms with E-state index < -0.39 is 0 Å². The maximum Gasteiger partial charge on any atom is 0.258 e. The van der Waals surface area contributed by atoms with Gasteiger partial charge in [-0.2, -0.15) is 0 Å². The lowest BCUT2D eigenvalue weighted by atomic mass is 10.0. The van der Waals surface area contributed by atoms with E-state index >= 15 is 0 Å². The Labute approximate surface area is 103 Å². The molecule has 1 aliphatic heterocycles. The highest BCUT2D eigenvalue weighted by atomic mass is 19.1. The molecule has 0 saturated carbocycles. The average Bonchev–Trinajstić information content (AvgIpc) is 2.81. The fourth-order valence-corrected chi connectivity index (χ4v) is 2.42. The molecular formula is C13H14FN3O. The summed E-state index contributed by atoms with van der Waals surface area (Å²) in [7, 11) is 0. The predicted molar refractivity (Wildman–Crippen MR) is 66.1 cm³/mol. The molecule has 1 saturated heterocycles. The highest BCUT2D eigenvalue weighted by molar-refractivity contribution is 5.38. The van der Waals surface area contributed by atoms with Crippen molar-refractivity contribution in [2.75, 3.05) is 13.1 Å². The van der Waals surface area contributed by atoms with E-state index in [2.05, 4.69) is 10.3 Å². The van der Waals surface area contributed by atoms with Crippen molar-refractivity contribution in [3.05, 3.63) is 46.3 Å². The van der Waals surface area contributed by atoms with Crippen LogP contribution >= 0.6 is 0 Å². The molecule has 1 N–H and O–H groups in total. The average molecular weight is 247 g/mol. The molecule has 0 aliphatic carbocycles. The zero-order valence-corrected chi connectivity index (χ0v) is 9.90. The van der Waals surface area contributed by atoms with Gasteiger partial charge in [0.25, 0.3) is 5.56 Å². The standard InChI is InChI=1S/C13H14FN3O/c14-10-2-4-17-12(6-10)16-11(7-13(17)18)5-9-1-3-15-8-9/h2,4,6-7,9,15H,1,3,5,8H2. The maximum atomic E-state index is 13.1. The van der Waals surface area contributed by atoms with Crippen molar-refractivity contribution in [1.29, 1.82) is 0 Å². The normalized spacial score (nSPS) is 19.5. The number of hydrogen-bond acceptors (Lipinski definition) is 3. The first kappa shape index (κ1) is 11.3. The van der Waals surface area contributed by atoms with Gasteiger partial charge in [-0.15, -0.1) is 0 Å². The molecule has 0 spiro atoms. The molecule has 0 amide bonds. The van der Waals surface area contributed by atoms with Gasteiger partial charge >= 0.3 is 0 Å². The first-order valence-corrected chi connectivity index (χ1v) is 6.11. The molecule has 5 heteroatoms. The Bertz CT molecular complexity index is 632. The third kappa shape index (κ3) is 2.13. The van der Waals surface area contributed by atoms with Gasteiger partial charge in [0.2, 0.25) is 0 Å². The molecule has 1 aliphatic rings. The van der Waals surface area contributed by atoms with Crippen molar-refractivity contribution in [2.24, 2.45) is 5.92 Å². The molecule has 3 heterocycles.